The molecule has 2 aromatic heterocycles. The van der Waals surface area contributed by atoms with Gasteiger partial charge in [0.15, 0.2) is 0 Å². The van der Waals surface area contributed by atoms with E-state index in [2.05, 4.69) is 0 Å². The Balaban J connectivity index is 2.21. The van der Waals surface area contributed by atoms with E-state index in [-0.39, 0.29) is 30.6 Å². The van der Waals surface area contributed by atoms with Crippen LogP contribution in [0.2, 0.25) is 0 Å². The summed E-state index contributed by atoms with van der Waals surface area (Å²) in [6, 6.07) is 1.80. The van der Waals surface area contributed by atoms with Crippen molar-refractivity contribution in [2.45, 2.75) is 60.4 Å². The summed E-state index contributed by atoms with van der Waals surface area (Å²) in [5.41, 5.74) is 2.81. The number of rotatable bonds is 8. The maximum Gasteiger partial charge on any atom is 0.355 e. The van der Waals surface area contributed by atoms with E-state index in [0.29, 0.717) is 53.7 Å². The number of carbonyl (C=O) groups excluding carboxylic acids is 3. The second kappa shape index (κ2) is 8.91. The Bertz CT molecular complexity index is 1170. The molecule has 8 nitrogen and oxygen atoms in total. The van der Waals surface area contributed by atoms with Gasteiger partial charge in [-0.3, -0.25) is 14.4 Å². The number of nitrogens with zero attached hydrogens (tertiary/aromatic N) is 2. The fraction of sp³-hybridized carbons (Fsp3) is 0.478. The SMILES string of the molecule is CCOC(=O)CCCn1c(C(=O)OCC)c(C)c2c(=O)n3c(cc21)C(CC)=C(C)C3=O. The van der Waals surface area contributed by atoms with Gasteiger partial charge in [0.2, 0.25) is 0 Å². The lowest BCUT2D eigenvalue weighted by Gasteiger charge is -2.12. The van der Waals surface area contributed by atoms with E-state index in [1.165, 1.54) is 4.57 Å². The first-order chi connectivity index (χ1) is 14.8. The lowest BCUT2D eigenvalue weighted by molar-refractivity contribution is -0.143. The highest BCUT2D eigenvalue weighted by atomic mass is 16.5. The van der Waals surface area contributed by atoms with Crippen LogP contribution < -0.4 is 5.56 Å². The van der Waals surface area contributed by atoms with Gasteiger partial charge in [-0.25, -0.2) is 9.36 Å². The molecule has 0 fully saturated rings. The van der Waals surface area contributed by atoms with Gasteiger partial charge in [0, 0.05) is 18.5 Å². The first-order valence-electron chi connectivity index (χ1n) is 10.6. The Morgan fingerprint density at radius 2 is 1.71 bits per heavy atom. The maximum absolute atomic E-state index is 13.3. The number of esters is 2. The van der Waals surface area contributed by atoms with Crippen LogP contribution in [0.3, 0.4) is 0 Å². The lowest BCUT2D eigenvalue weighted by Crippen LogP contribution is -2.26. The summed E-state index contributed by atoms with van der Waals surface area (Å²) in [5, 5.41) is 0.321. The quantitative estimate of drug-likeness (QED) is 0.598. The first kappa shape index (κ1) is 22.5. The molecule has 0 bridgehead atoms. The molecule has 0 atom stereocenters. The highest BCUT2D eigenvalue weighted by molar-refractivity contribution is 6.10. The van der Waals surface area contributed by atoms with Crippen LogP contribution in [0, 0.1) is 6.92 Å². The molecule has 8 heteroatoms. The molecule has 0 radical (unpaired) electrons. The van der Waals surface area contributed by atoms with Crippen LogP contribution in [0.4, 0.5) is 0 Å². The van der Waals surface area contributed by atoms with Gasteiger partial charge in [0.1, 0.15) is 5.69 Å². The third-order valence-corrected chi connectivity index (χ3v) is 5.65. The minimum absolute atomic E-state index is 0.191. The zero-order valence-corrected chi connectivity index (χ0v) is 18.7. The minimum Gasteiger partial charge on any atom is -0.466 e. The Labute approximate surface area is 180 Å². The number of carbonyl (C=O) groups is 3. The molecule has 166 valence electrons. The summed E-state index contributed by atoms with van der Waals surface area (Å²) in [5.74, 6) is -1.18. The summed E-state index contributed by atoms with van der Waals surface area (Å²) >= 11 is 0. The average Bonchev–Trinajstić information content (AvgIpc) is 3.13. The van der Waals surface area contributed by atoms with Gasteiger partial charge >= 0.3 is 11.9 Å². The van der Waals surface area contributed by atoms with Gasteiger partial charge < -0.3 is 14.0 Å². The van der Waals surface area contributed by atoms with E-state index in [9.17, 15) is 19.2 Å². The number of hydrogen-bond acceptors (Lipinski definition) is 6. The summed E-state index contributed by atoms with van der Waals surface area (Å²) in [4.78, 5) is 50.6. The smallest absolute Gasteiger partial charge is 0.355 e. The van der Waals surface area contributed by atoms with E-state index in [1.807, 2.05) is 6.92 Å². The molecule has 0 unspecified atom stereocenters. The summed E-state index contributed by atoms with van der Waals surface area (Å²) in [6.45, 7) is 9.63. The number of allylic oxidation sites excluding steroid dienone is 2. The zero-order valence-electron chi connectivity index (χ0n) is 18.7. The third-order valence-electron chi connectivity index (χ3n) is 5.65. The van der Waals surface area contributed by atoms with Crippen LogP contribution in [0.5, 0.6) is 0 Å². The highest BCUT2D eigenvalue weighted by Gasteiger charge is 2.31. The predicted octanol–water partition coefficient (Wildman–Crippen LogP) is 3.47. The molecule has 2 aromatic rings. The van der Waals surface area contributed by atoms with Crippen LogP contribution in [-0.4, -0.2) is 40.2 Å². The lowest BCUT2D eigenvalue weighted by atomic mass is 10.1. The summed E-state index contributed by atoms with van der Waals surface area (Å²) < 4.78 is 13.1. The van der Waals surface area contributed by atoms with Crippen LogP contribution >= 0.6 is 0 Å². The van der Waals surface area contributed by atoms with Gasteiger partial charge in [-0.15, -0.1) is 0 Å². The molecule has 0 saturated heterocycles. The number of pyridine rings is 1. The molecule has 31 heavy (non-hydrogen) atoms. The van der Waals surface area contributed by atoms with Crippen molar-refractivity contribution in [2.75, 3.05) is 13.2 Å². The molecule has 0 saturated carbocycles. The van der Waals surface area contributed by atoms with Crippen molar-refractivity contribution in [2.24, 2.45) is 0 Å². The second-order valence-electron chi connectivity index (χ2n) is 7.45. The second-order valence-corrected chi connectivity index (χ2v) is 7.45. The summed E-state index contributed by atoms with van der Waals surface area (Å²) in [6.07, 6.45) is 1.23. The number of ether oxygens (including phenoxy) is 2. The molecule has 3 rings (SSSR count). The molecule has 0 aliphatic carbocycles. The van der Waals surface area contributed by atoms with E-state index in [0.717, 1.165) is 5.57 Å². The van der Waals surface area contributed by atoms with Crippen molar-refractivity contribution >= 4 is 34.3 Å². The Hall–Kier alpha value is -3.16. The number of fused-ring (bicyclic) bond motifs is 2. The molecule has 3 heterocycles. The molecular formula is C23H28N2O6. The number of hydrogen-bond donors (Lipinski definition) is 0. The Kier molecular flexibility index (Phi) is 6.48. The normalized spacial score (nSPS) is 13.1. The molecule has 0 amide bonds. The Morgan fingerprint density at radius 1 is 1.03 bits per heavy atom. The van der Waals surface area contributed by atoms with E-state index in [1.54, 1.807) is 38.3 Å². The van der Waals surface area contributed by atoms with Crippen molar-refractivity contribution in [1.82, 2.24) is 9.13 Å². The van der Waals surface area contributed by atoms with Gasteiger partial charge in [-0.1, -0.05) is 6.92 Å². The number of aryl methyl sites for hydroxylation is 2. The van der Waals surface area contributed by atoms with Crippen LogP contribution in [-0.2, 0) is 20.8 Å². The van der Waals surface area contributed by atoms with Gasteiger partial charge in [0.25, 0.3) is 11.5 Å². The standard InChI is InChI=1S/C23H28N2O6/c1-6-15-13(4)21(27)25-16(15)12-17-19(22(25)28)14(5)20(23(29)31-8-3)24(17)11-9-10-18(26)30-7-2/h12H,6-11H2,1-5H3. The van der Waals surface area contributed by atoms with Crippen LogP contribution in [0.25, 0.3) is 16.5 Å². The largest absolute Gasteiger partial charge is 0.466 e. The zero-order chi connectivity index (χ0) is 22.9. The van der Waals surface area contributed by atoms with Crippen molar-refractivity contribution in [1.29, 1.82) is 0 Å². The van der Waals surface area contributed by atoms with Crippen molar-refractivity contribution < 1.29 is 23.9 Å². The maximum atomic E-state index is 13.3. The topological polar surface area (TPSA) is 96.6 Å². The van der Waals surface area contributed by atoms with Gasteiger partial charge in [-0.05, 0) is 57.7 Å². The molecule has 0 N–H and O–H groups in total. The third kappa shape index (κ3) is 3.71. The van der Waals surface area contributed by atoms with Crippen LogP contribution in [0.15, 0.2) is 16.4 Å². The molecular weight excluding hydrogens is 400 g/mol. The molecule has 1 aliphatic heterocycles. The van der Waals surface area contributed by atoms with Crippen molar-refractivity contribution in [3.05, 3.63) is 38.9 Å². The minimum atomic E-state index is -0.536. The van der Waals surface area contributed by atoms with E-state index < -0.39 is 11.5 Å². The average molecular weight is 428 g/mol. The molecule has 0 aromatic carbocycles. The van der Waals surface area contributed by atoms with Gasteiger partial charge in [0.05, 0.1) is 29.8 Å². The molecule has 1 aliphatic rings. The molecule has 0 spiro atoms. The fourth-order valence-corrected chi connectivity index (χ4v) is 4.27. The number of aromatic nitrogens is 2. The van der Waals surface area contributed by atoms with E-state index in [4.69, 9.17) is 9.47 Å². The van der Waals surface area contributed by atoms with Crippen molar-refractivity contribution in [3.8, 4) is 0 Å². The van der Waals surface area contributed by atoms with Crippen LogP contribution in [0.1, 0.15) is 73.5 Å². The predicted molar refractivity (Wildman–Crippen MR) is 116 cm³/mol. The highest BCUT2D eigenvalue weighted by Crippen LogP contribution is 2.33. The Morgan fingerprint density at radius 3 is 2.32 bits per heavy atom. The monoisotopic (exact) mass is 428 g/mol. The van der Waals surface area contributed by atoms with Gasteiger partial charge in [-0.2, -0.15) is 0 Å². The van der Waals surface area contributed by atoms with Crippen molar-refractivity contribution in [3.63, 3.8) is 0 Å². The summed E-state index contributed by atoms with van der Waals surface area (Å²) in [7, 11) is 0. The fourth-order valence-electron chi connectivity index (χ4n) is 4.27. The van der Waals surface area contributed by atoms with E-state index >= 15 is 0 Å². The first-order valence-corrected chi connectivity index (χ1v) is 10.6.